The van der Waals surface area contributed by atoms with Gasteiger partial charge in [-0.05, 0) is 30.2 Å². The number of hydrogen-bond donors (Lipinski definition) is 2. The lowest BCUT2D eigenvalue weighted by atomic mass is 10.1. The summed E-state index contributed by atoms with van der Waals surface area (Å²) in [6.07, 6.45) is -0.0539. The number of rotatable bonds is 2. The van der Waals surface area contributed by atoms with Crippen LogP contribution >= 0.6 is 11.6 Å². The number of fused-ring (bicyclic) bond motifs is 1. The molecule has 1 amide bonds. The van der Waals surface area contributed by atoms with Crippen molar-refractivity contribution in [2.24, 2.45) is 0 Å². The molecule has 4 nitrogen and oxygen atoms in total. The van der Waals surface area contributed by atoms with Crippen molar-refractivity contribution in [3.63, 3.8) is 0 Å². The van der Waals surface area contributed by atoms with Gasteiger partial charge in [0.05, 0.1) is 12.1 Å². The van der Waals surface area contributed by atoms with Gasteiger partial charge in [0.2, 0.25) is 0 Å². The molecule has 5 heteroatoms. The van der Waals surface area contributed by atoms with Crippen molar-refractivity contribution < 1.29 is 9.90 Å². The van der Waals surface area contributed by atoms with E-state index in [1.807, 2.05) is 24.3 Å². The zero-order chi connectivity index (χ0) is 15.0. The highest BCUT2D eigenvalue weighted by Gasteiger charge is 2.32. The molecule has 0 unspecified atom stereocenters. The summed E-state index contributed by atoms with van der Waals surface area (Å²) in [6.45, 7) is 1.78. The number of carbonyl (C=O) groups is 1. The third-order valence-electron chi connectivity index (χ3n) is 3.67. The summed E-state index contributed by atoms with van der Waals surface area (Å²) in [6, 6.07) is 10.6. The van der Waals surface area contributed by atoms with Crippen LogP contribution in [0, 0.1) is 6.92 Å². The summed E-state index contributed by atoms with van der Waals surface area (Å²) in [7, 11) is 0. The van der Waals surface area contributed by atoms with Crippen LogP contribution in [0.25, 0.3) is 0 Å². The topological polar surface area (TPSA) is 62.2 Å². The van der Waals surface area contributed by atoms with Crippen LogP contribution in [0.2, 0.25) is 5.15 Å². The smallest absolute Gasteiger partial charge is 0.252 e. The average molecular weight is 303 g/mol. The van der Waals surface area contributed by atoms with Crippen LogP contribution in [0.1, 0.15) is 33.2 Å². The minimum Gasteiger partial charge on any atom is -0.390 e. The monoisotopic (exact) mass is 302 g/mol. The van der Waals surface area contributed by atoms with Gasteiger partial charge in [-0.1, -0.05) is 35.9 Å². The Balaban J connectivity index is 1.85. The zero-order valence-corrected chi connectivity index (χ0v) is 12.3. The van der Waals surface area contributed by atoms with Crippen molar-refractivity contribution in [2.45, 2.75) is 25.5 Å². The minimum absolute atomic E-state index is 0.261. The highest BCUT2D eigenvalue weighted by molar-refractivity contribution is 6.29. The van der Waals surface area contributed by atoms with Crippen LogP contribution in [-0.4, -0.2) is 22.1 Å². The van der Waals surface area contributed by atoms with Crippen LogP contribution in [0.3, 0.4) is 0 Å². The maximum absolute atomic E-state index is 12.4. The number of amides is 1. The lowest BCUT2D eigenvalue weighted by Gasteiger charge is -2.18. The molecule has 0 spiro atoms. The number of aliphatic hydroxyl groups is 1. The normalized spacial score (nSPS) is 20.1. The van der Waals surface area contributed by atoms with Gasteiger partial charge in [-0.25, -0.2) is 4.98 Å². The molecule has 0 radical (unpaired) electrons. The summed E-state index contributed by atoms with van der Waals surface area (Å²) in [4.78, 5) is 16.4. The highest BCUT2D eigenvalue weighted by atomic mass is 35.5. The molecular formula is C16H15ClN2O2. The Morgan fingerprint density at radius 2 is 2.14 bits per heavy atom. The summed E-state index contributed by atoms with van der Waals surface area (Å²) >= 11 is 5.88. The Kier molecular flexibility index (Phi) is 3.66. The van der Waals surface area contributed by atoms with E-state index in [1.165, 1.54) is 6.07 Å². The fourth-order valence-corrected chi connectivity index (χ4v) is 2.98. The molecule has 1 aliphatic carbocycles. The number of aryl methyl sites for hydroxylation is 1. The fraction of sp³-hybridized carbons (Fsp3) is 0.250. The number of benzene rings is 1. The standard InChI is InChI=1S/C16H15ClN2O2/c1-9-6-11(8-14(17)18-9)16(21)19-15-12-5-3-2-4-10(12)7-13(15)20/h2-6,8,13,15,20H,7H2,1H3,(H,19,21)/t13-,15+/m0/s1. The van der Waals surface area contributed by atoms with Crippen molar-refractivity contribution in [3.05, 3.63) is 63.9 Å². The van der Waals surface area contributed by atoms with Crippen molar-refractivity contribution in [1.82, 2.24) is 10.3 Å². The molecular weight excluding hydrogens is 288 g/mol. The predicted molar refractivity (Wildman–Crippen MR) is 80.3 cm³/mol. The Labute approximate surface area is 127 Å². The SMILES string of the molecule is Cc1cc(C(=O)N[C@@H]2c3ccccc3C[C@@H]2O)cc(Cl)n1. The molecule has 0 fully saturated rings. The Morgan fingerprint density at radius 3 is 2.90 bits per heavy atom. The lowest BCUT2D eigenvalue weighted by molar-refractivity contribution is 0.0858. The number of pyridine rings is 1. The second-order valence-corrected chi connectivity index (χ2v) is 5.63. The van der Waals surface area contributed by atoms with E-state index < -0.39 is 6.10 Å². The van der Waals surface area contributed by atoms with E-state index in [0.29, 0.717) is 17.7 Å². The van der Waals surface area contributed by atoms with Gasteiger partial charge in [0.15, 0.2) is 0 Å². The van der Waals surface area contributed by atoms with Gasteiger partial charge >= 0.3 is 0 Å². The third kappa shape index (κ3) is 2.77. The van der Waals surface area contributed by atoms with Crippen molar-refractivity contribution in [1.29, 1.82) is 0 Å². The first-order valence-electron chi connectivity index (χ1n) is 6.75. The summed E-state index contributed by atoms with van der Waals surface area (Å²) in [5.74, 6) is -0.261. The van der Waals surface area contributed by atoms with Crippen LogP contribution in [0.4, 0.5) is 0 Å². The molecule has 108 valence electrons. The largest absolute Gasteiger partial charge is 0.390 e. The van der Waals surface area contributed by atoms with Gasteiger partial charge in [0.1, 0.15) is 5.15 Å². The fourth-order valence-electron chi connectivity index (χ4n) is 2.73. The van der Waals surface area contributed by atoms with Gasteiger partial charge in [0.25, 0.3) is 5.91 Å². The Morgan fingerprint density at radius 1 is 1.38 bits per heavy atom. The van der Waals surface area contributed by atoms with E-state index in [0.717, 1.165) is 11.1 Å². The molecule has 1 aliphatic rings. The predicted octanol–water partition coefficient (Wildman–Crippen LogP) is 2.43. The summed E-state index contributed by atoms with van der Waals surface area (Å²) in [5, 5.41) is 13.3. The quantitative estimate of drug-likeness (QED) is 0.838. The molecule has 1 heterocycles. The van der Waals surface area contributed by atoms with Crippen molar-refractivity contribution >= 4 is 17.5 Å². The van der Waals surface area contributed by atoms with Gasteiger partial charge in [-0.3, -0.25) is 4.79 Å². The molecule has 2 N–H and O–H groups in total. The second kappa shape index (κ2) is 5.47. The van der Waals surface area contributed by atoms with Gasteiger partial charge in [-0.15, -0.1) is 0 Å². The number of nitrogens with zero attached hydrogens (tertiary/aromatic N) is 1. The van der Waals surface area contributed by atoms with Crippen molar-refractivity contribution in [3.8, 4) is 0 Å². The average Bonchev–Trinajstić information content (AvgIpc) is 2.74. The van der Waals surface area contributed by atoms with Crippen molar-refractivity contribution in [2.75, 3.05) is 0 Å². The first-order chi connectivity index (χ1) is 10.0. The molecule has 0 bridgehead atoms. The molecule has 1 aromatic heterocycles. The third-order valence-corrected chi connectivity index (χ3v) is 3.87. The maximum Gasteiger partial charge on any atom is 0.252 e. The van der Waals surface area contributed by atoms with Gasteiger partial charge < -0.3 is 10.4 Å². The second-order valence-electron chi connectivity index (χ2n) is 5.24. The van der Waals surface area contributed by atoms with Crippen LogP contribution in [-0.2, 0) is 6.42 Å². The highest BCUT2D eigenvalue weighted by Crippen LogP contribution is 2.31. The molecule has 2 aromatic rings. The molecule has 1 aromatic carbocycles. The first-order valence-corrected chi connectivity index (χ1v) is 7.13. The maximum atomic E-state index is 12.4. The molecule has 0 aliphatic heterocycles. The van der Waals surface area contributed by atoms with Crippen LogP contribution in [0.15, 0.2) is 36.4 Å². The van der Waals surface area contributed by atoms with E-state index in [2.05, 4.69) is 10.3 Å². The molecule has 3 rings (SSSR count). The van der Waals surface area contributed by atoms with E-state index >= 15 is 0 Å². The van der Waals surface area contributed by atoms with Gasteiger partial charge in [-0.2, -0.15) is 0 Å². The first kappa shape index (κ1) is 14.0. The van der Waals surface area contributed by atoms with E-state index in [4.69, 9.17) is 11.6 Å². The summed E-state index contributed by atoms with van der Waals surface area (Å²) < 4.78 is 0. The van der Waals surface area contributed by atoms with Crippen LogP contribution in [0.5, 0.6) is 0 Å². The molecule has 2 atom stereocenters. The Hall–Kier alpha value is -1.91. The molecule has 0 saturated carbocycles. The molecule has 0 saturated heterocycles. The Bertz CT molecular complexity index is 682. The van der Waals surface area contributed by atoms with E-state index in [1.54, 1.807) is 13.0 Å². The number of hydrogen-bond acceptors (Lipinski definition) is 3. The van der Waals surface area contributed by atoms with Crippen LogP contribution < -0.4 is 5.32 Å². The lowest BCUT2D eigenvalue weighted by Crippen LogP contribution is -2.33. The van der Waals surface area contributed by atoms with E-state index in [9.17, 15) is 9.90 Å². The number of aliphatic hydroxyl groups excluding tert-OH is 1. The number of aromatic nitrogens is 1. The summed E-state index contributed by atoms with van der Waals surface area (Å²) in [5.41, 5.74) is 3.17. The zero-order valence-electron chi connectivity index (χ0n) is 11.5. The number of carbonyl (C=O) groups excluding carboxylic acids is 1. The van der Waals surface area contributed by atoms with Gasteiger partial charge in [0, 0.05) is 17.7 Å². The minimum atomic E-state index is -0.607. The van der Waals surface area contributed by atoms with E-state index in [-0.39, 0.29) is 17.1 Å². The number of nitrogens with one attached hydrogen (secondary N) is 1. The molecule has 21 heavy (non-hydrogen) atoms. The number of halogens is 1.